The molecular weight excluding hydrogens is 266 g/mol. The lowest BCUT2D eigenvalue weighted by Gasteiger charge is -2.14. The molecule has 112 valence electrons. The van der Waals surface area contributed by atoms with Crippen LogP contribution >= 0.6 is 0 Å². The van der Waals surface area contributed by atoms with Crippen molar-refractivity contribution < 1.29 is 4.74 Å². The molecule has 1 aromatic carbocycles. The van der Waals surface area contributed by atoms with Crippen LogP contribution in [0.15, 0.2) is 24.3 Å². The van der Waals surface area contributed by atoms with Gasteiger partial charge in [0.15, 0.2) is 0 Å². The van der Waals surface area contributed by atoms with Gasteiger partial charge in [0.1, 0.15) is 0 Å². The van der Waals surface area contributed by atoms with Crippen molar-refractivity contribution in [3.05, 3.63) is 29.8 Å². The molecule has 0 bridgehead atoms. The summed E-state index contributed by atoms with van der Waals surface area (Å²) in [6.07, 6.45) is -0.0254. The Morgan fingerprint density at radius 3 is 2.43 bits per heavy atom. The predicted octanol–water partition coefficient (Wildman–Crippen LogP) is 3.11. The fraction of sp³-hybridized carbons (Fsp3) is 0.400. The number of nitrogens with zero attached hydrogens (tertiary/aromatic N) is 3. The summed E-state index contributed by atoms with van der Waals surface area (Å²) in [6.45, 7) is 8.08. The maximum atomic E-state index is 5.70. The Hall–Kier alpha value is -2.37. The molecule has 0 spiro atoms. The largest absolute Gasteiger partial charge is 0.461 e. The molecule has 6 nitrogen and oxygen atoms in total. The summed E-state index contributed by atoms with van der Waals surface area (Å²) in [5.74, 6) is 0.899. The van der Waals surface area contributed by atoms with Crippen molar-refractivity contribution >= 4 is 17.6 Å². The molecule has 3 N–H and O–H groups in total. The molecule has 6 heteroatoms. The number of para-hydroxylation sites is 1. The number of nitrogens with two attached hydrogens (primary N) is 1. The first-order chi connectivity index (χ1) is 9.95. The maximum absolute atomic E-state index is 5.70. The van der Waals surface area contributed by atoms with Gasteiger partial charge in [-0.25, -0.2) is 0 Å². The van der Waals surface area contributed by atoms with Gasteiger partial charge in [-0.3, -0.25) is 0 Å². The minimum atomic E-state index is -0.0254. The number of hydrogen-bond acceptors (Lipinski definition) is 6. The van der Waals surface area contributed by atoms with Crippen molar-refractivity contribution in [2.75, 3.05) is 11.1 Å². The monoisotopic (exact) mass is 287 g/mol. The van der Waals surface area contributed by atoms with E-state index in [4.69, 9.17) is 10.5 Å². The summed E-state index contributed by atoms with van der Waals surface area (Å²) < 4.78 is 5.47. The van der Waals surface area contributed by atoms with Gasteiger partial charge in [-0.1, -0.05) is 32.0 Å². The molecule has 0 atom stereocenters. The lowest BCUT2D eigenvalue weighted by Crippen LogP contribution is -2.12. The molecule has 0 amide bonds. The predicted molar refractivity (Wildman–Crippen MR) is 83.8 cm³/mol. The minimum Gasteiger partial charge on any atom is -0.461 e. The smallest absolute Gasteiger partial charge is 0.323 e. The standard InChI is InChI=1S/C15H21N5O/c1-9(2)11-7-5-6-8-12(11)17-14-18-13(16)19-15(20-14)21-10(3)4/h5-10H,1-4H3,(H3,16,17,18,19,20). The average Bonchev–Trinajstić information content (AvgIpc) is 2.37. The SMILES string of the molecule is CC(C)Oc1nc(N)nc(Nc2ccccc2C(C)C)n1. The highest BCUT2D eigenvalue weighted by molar-refractivity contribution is 5.59. The van der Waals surface area contributed by atoms with E-state index in [2.05, 4.69) is 40.2 Å². The molecule has 0 aliphatic carbocycles. The van der Waals surface area contributed by atoms with E-state index < -0.39 is 0 Å². The fourth-order valence-electron chi connectivity index (χ4n) is 1.93. The van der Waals surface area contributed by atoms with Crippen molar-refractivity contribution in [1.82, 2.24) is 15.0 Å². The molecule has 0 aliphatic heterocycles. The Labute approximate surface area is 124 Å². The third-order valence-corrected chi connectivity index (χ3v) is 2.80. The van der Waals surface area contributed by atoms with E-state index in [1.807, 2.05) is 32.0 Å². The first-order valence-corrected chi connectivity index (χ1v) is 7.00. The number of anilines is 3. The van der Waals surface area contributed by atoms with Crippen molar-refractivity contribution in [2.45, 2.75) is 39.7 Å². The fourth-order valence-corrected chi connectivity index (χ4v) is 1.93. The maximum Gasteiger partial charge on any atom is 0.323 e. The van der Waals surface area contributed by atoms with Gasteiger partial charge in [-0.2, -0.15) is 15.0 Å². The van der Waals surface area contributed by atoms with E-state index in [0.29, 0.717) is 11.9 Å². The van der Waals surface area contributed by atoms with Crippen LogP contribution in [0.2, 0.25) is 0 Å². The first kappa shape index (κ1) is 15.0. The van der Waals surface area contributed by atoms with Gasteiger partial charge in [-0.15, -0.1) is 0 Å². The zero-order valence-corrected chi connectivity index (χ0v) is 12.8. The Morgan fingerprint density at radius 2 is 1.76 bits per heavy atom. The highest BCUT2D eigenvalue weighted by atomic mass is 16.5. The number of nitrogens with one attached hydrogen (secondary N) is 1. The normalized spacial score (nSPS) is 11.0. The molecule has 0 fully saturated rings. The van der Waals surface area contributed by atoms with Crippen LogP contribution in [0.4, 0.5) is 17.6 Å². The van der Waals surface area contributed by atoms with Crippen LogP contribution < -0.4 is 15.8 Å². The summed E-state index contributed by atoms with van der Waals surface area (Å²) >= 11 is 0. The van der Waals surface area contributed by atoms with Crippen LogP contribution in [-0.2, 0) is 0 Å². The number of hydrogen-bond donors (Lipinski definition) is 2. The number of ether oxygens (including phenoxy) is 1. The highest BCUT2D eigenvalue weighted by Gasteiger charge is 2.10. The molecule has 21 heavy (non-hydrogen) atoms. The van der Waals surface area contributed by atoms with E-state index in [1.165, 1.54) is 5.56 Å². The Morgan fingerprint density at radius 1 is 1.05 bits per heavy atom. The third kappa shape index (κ3) is 4.05. The van der Waals surface area contributed by atoms with Crippen LogP contribution in [0, 0.1) is 0 Å². The van der Waals surface area contributed by atoms with Crippen molar-refractivity contribution in [2.24, 2.45) is 0 Å². The van der Waals surface area contributed by atoms with Crippen molar-refractivity contribution in [3.8, 4) is 6.01 Å². The van der Waals surface area contributed by atoms with Crippen LogP contribution in [-0.4, -0.2) is 21.1 Å². The summed E-state index contributed by atoms with van der Waals surface area (Å²) in [6, 6.07) is 8.25. The van der Waals surface area contributed by atoms with Gasteiger partial charge in [0, 0.05) is 5.69 Å². The lowest BCUT2D eigenvalue weighted by molar-refractivity contribution is 0.222. The number of benzene rings is 1. The van der Waals surface area contributed by atoms with Gasteiger partial charge in [0.2, 0.25) is 11.9 Å². The van der Waals surface area contributed by atoms with E-state index in [0.717, 1.165) is 5.69 Å². The van der Waals surface area contributed by atoms with Crippen LogP contribution in [0.25, 0.3) is 0 Å². The topological polar surface area (TPSA) is 86.0 Å². The van der Waals surface area contributed by atoms with Gasteiger partial charge >= 0.3 is 6.01 Å². The summed E-state index contributed by atoms with van der Waals surface area (Å²) in [5.41, 5.74) is 7.84. The second-order valence-electron chi connectivity index (χ2n) is 5.33. The van der Waals surface area contributed by atoms with Crippen LogP contribution in [0.3, 0.4) is 0 Å². The molecule has 1 aromatic heterocycles. The Balaban J connectivity index is 2.29. The van der Waals surface area contributed by atoms with Crippen LogP contribution in [0.5, 0.6) is 6.01 Å². The molecule has 0 aliphatic rings. The lowest BCUT2D eigenvalue weighted by atomic mass is 10.0. The summed E-state index contributed by atoms with van der Waals surface area (Å²) in [5, 5.41) is 3.19. The number of rotatable bonds is 5. The van der Waals surface area contributed by atoms with Crippen molar-refractivity contribution in [1.29, 1.82) is 0 Å². The molecular formula is C15H21N5O. The molecule has 1 heterocycles. The van der Waals surface area contributed by atoms with E-state index >= 15 is 0 Å². The Bertz CT molecular complexity index is 613. The third-order valence-electron chi connectivity index (χ3n) is 2.80. The minimum absolute atomic E-state index is 0.0254. The Kier molecular flexibility index (Phi) is 4.57. The summed E-state index contributed by atoms with van der Waals surface area (Å²) in [4.78, 5) is 12.3. The van der Waals surface area contributed by atoms with E-state index in [9.17, 15) is 0 Å². The molecule has 0 saturated heterocycles. The number of nitrogen functional groups attached to an aromatic ring is 1. The van der Waals surface area contributed by atoms with Crippen molar-refractivity contribution in [3.63, 3.8) is 0 Å². The highest BCUT2D eigenvalue weighted by Crippen LogP contribution is 2.26. The van der Waals surface area contributed by atoms with E-state index in [1.54, 1.807) is 0 Å². The molecule has 2 rings (SSSR count). The molecule has 0 unspecified atom stereocenters. The number of aromatic nitrogens is 3. The van der Waals surface area contributed by atoms with Gasteiger partial charge in [-0.05, 0) is 31.4 Å². The molecule has 2 aromatic rings. The zero-order chi connectivity index (χ0) is 15.4. The first-order valence-electron chi connectivity index (χ1n) is 7.00. The second kappa shape index (κ2) is 6.39. The zero-order valence-electron chi connectivity index (χ0n) is 12.8. The molecule has 0 radical (unpaired) electrons. The van der Waals surface area contributed by atoms with Crippen LogP contribution in [0.1, 0.15) is 39.2 Å². The second-order valence-corrected chi connectivity index (χ2v) is 5.33. The van der Waals surface area contributed by atoms with Gasteiger partial charge in [0.25, 0.3) is 0 Å². The van der Waals surface area contributed by atoms with E-state index in [-0.39, 0.29) is 18.1 Å². The average molecular weight is 287 g/mol. The van der Waals surface area contributed by atoms with Gasteiger partial charge in [0.05, 0.1) is 6.10 Å². The van der Waals surface area contributed by atoms with Gasteiger partial charge < -0.3 is 15.8 Å². The molecule has 0 saturated carbocycles. The quantitative estimate of drug-likeness (QED) is 0.878. The summed E-state index contributed by atoms with van der Waals surface area (Å²) in [7, 11) is 0.